The zero-order valence-electron chi connectivity index (χ0n) is 11.7. The Balaban J connectivity index is 2.23. The Morgan fingerprint density at radius 2 is 1.41 bits per heavy atom. The number of hydrogen-bond acceptors (Lipinski definition) is 4. The van der Waals surface area contributed by atoms with Gasteiger partial charge in [-0.25, -0.2) is 8.42 Å². The Bertz CT molecular complexity index is 810. The molecule has 0 fully saturated rings. The summed E-state index contributed by atoms with van der Waals surface area (Å²) in [6.45, 7) is 1.40. The largest absolute Gasteiger partial charge is 0.366 e. The number of amides is 1. The quantitative estimate of drug-likeness (QED) is 0.820. The fourth-order valence-electron chi connectivity index (χ4n) is 1.79. The number of hydrogen-bond donors (Lipinski definition) is 2. The predicted molar refractivity (Wildman–Crippen MR) is 82.2 cm³/mol. The van der Waals surface area contributed by atoms with Crippen molar-refractivity contribution in [1.29, 1.82) is 0 Å². The third-order valence-corrected chi connectivity index (χ3v) is 4.39. The molecule has 0 atom stereocenters. The maximum Gasteiger partial charge on any atom is 0.261 e. The number of sulfonamides is 1. The lowest BCUT2D eigenvalue weighted by Gasteiger charge is -2.08. The van der Waals surface area contributed by atoms with E-state index in [-0.39, 0.29) is 16.2 Å². The van der Waals surface area contributed by atoms with Crippen molar-refractivity contribution in [2.24, 2.45) is 5.73 Å². The molecule has 0 spiro atoms. The summed E-state index contributed by atoms with van der Waals surface area (Å²) in [5, 5.41) is 0. The summed E-state index contributed by atoms with van der Waals surface area (Å²) in [7, 11) is -3.77. The van der Waals surface area contributed by atoms with Crippen LogP contribution in [-0.4, -0.2) is 20.1 Å². The van der Waals surface area contributed by atoms with Gasteiger partial charge in [0.2, 0.25) is 5.91 Å². The normalized spacial score (nSPS) is 11.0. The third kappa shape index (κ3) is 3.50. The number of nitrogens with two attached hydrogens (primary N) is 1. The minimum atomic E-state index is -3.77. The second-order valence-electron chi connectivity index (χ2n) is 4.63. The van der Waals surface area contributed by atoms with Crippen LogP contribution in [0.4, 0.5) is 5.69 Å². The van der Waals surface area contributed by atoms with Crippen LogP contribution in [0.25, 0.3) is 0 Å². The van der Waals surface area contributed by atoms with Crippen molar-refractivity contribution in [2.75, 3.05) is 4.72 Å². The van der Waals surface area contributed by atoms with E-state index in [1.165, 1.54) is 55.5 Å². The number of nitrogens with one attached hydrogen (secondary N) is 1. The minimum Gasteiger partial charge on any atom is -0.366 e. The van der Waals surface area contributed by atoms with Crippen LogP contribution in [0, 0.1) is 0 Å². The average Bonchev–Trinajstić information content (AvgIpc) is 2.47. The molecule has 22 heavy (non-hydrogen) atoms. The summed E-state index contributed by atoms with van der Waals surface area (Å²) < 4.78 is 26.8. The number of Topliss-reactive ketones (excluding diaryl/α,β-unsaturated/α-hetero) is 1. The van der Waals surface area contributed by atoms with Crippen molar-refractivity contribution in [3.8, 4) is 0 Å². The summed E-state index contributed by atoms with van der Waals surface area (Å²) >= 11 is 0. The number of anilines is 1. The van der Waals surface area contributed by atoms with E-state index >= 15 is 0 Å². The van der Waals surface area contributed by atoms with Gasteiger partial charge in [-0.05, 0) is 43.3 Å². The highest BCUT2D eigenvalue weighted by Gasteiger charge is 2.14. The van der Waals surface area contributed by atoms with Gasteiger partial charge in [-0.15, -0.1) is 0 Å². The summed E-state index contributed by atoms with van der Waals surface area (Å²) in [5.41, 5.74) is 6.14. The Hall–Kier alpha value is -2.67. The van der Waals surface area contributed by atoms with Gasteiger partial charge in [0.15, 0.2) is 5.78 Å². The summed E-state index contributed by atoms with van der Waals surface area (Å²) in [5.74, 6) is -0.729. The van der Waals surface area contributed by atoms with Gasteiger partial charge in [0, 0.05) is 16.8 Å². The molecule has 0 unspecified atom stereocenters. The third-order valence-electron chi connectivity index (χ3n) is 2.99. The van der Waals surface area contributed by atoms with Crippen LogP contribution < -0.4 is 10.5 Å². The molecule has 0 aliphatic rings. The second kappa shape index (κ2) is 5.98. The molecule has 0 saturated heterocycles. The molecule has 0 saturated carbocycles. The van der Waals surface area contributed by atoms with Gasteiger partial charge in [-0.1, -0.05) is 12.1 Å². The van der Waals surface area contributed by atoms with Crippen molar-refractivity contribution in [2.45, 2.75) is 11.8 Å². The number of rotatable bonds is 5. The molecule has 2 rings (SSSR count). The van der Waals surface area contributed by atoms with Gasteiger partial charge in [0.05, 0.1) is 4.90 Å². The van der Waals surface area contributed by atoms with Crippen molar-refractivity contribution in [3.05, 3.63) is 59.7 Å². The van der Waals surface area contributed by atoms with Crippen LogP contribution in [0.15, 0.2) is 53.4 Å². The lowest BCUT2D eigenvalue weighted by Crippen LogP contribution is -2.14. The van der Waals surface area contributed by atoms with E-state index in [2.05, 4.69) is 4.72 Å². The summed E-state index contributed by atoms with van der Waals surface area (Å²) in [6, 6.07) is 11.4. The fraction of sp³-hybridized carbons (Fsp3) is 0.0667. The number of benzene rings is 2. The van der Waals surface area contributed by atoms with E-state index in [0.29, 0.717) is 11.3 Å². The highest BCUT2D eigenvalue weighted by Crippen LogP contribution is 2.17. The summed E-state index contributed by atoms with van der Waals surface area (Å²) in [4.78, 5) is 22.2. The van der Waals surface area contributed by atoms with E-state index in [1.54, 1.807) is 0 Å². The molecule has 6 nitrogen and oxygen atoms in total. The van der Waals surface area contributed by atoms with Crippen molar-refractivity contribution in [1.82, 2.24) is 0 Å². The van der Waals surface area contributed by atoms with Gasteiger partial charge in [-0.3, -0.25) is 14.3 Å². The van der Waals surface area contributed by atoms with E-state index in [1.807, 2.05) is 0 Å². The van der Waals surface area contributed by atoms with Gasteiger partial charge >= 0.3 is 0 Å². The first-order valence-corrected chi connectivity index (χ1v) is 7.81. The van der Waals surface area contributed by atoms with Gasteiger partial charge < -0.3 is 5.73 Å². The molecule has 2 aromatic rings. The Morgan fingerprint density at radius 3 is 1.86 bits per heavy atom. The molecule has 7 heteroatoms. The van der Waals surface area contributed by atoms with Crippen LogP contribution in [0.3, 0.4) is 0 Å². The van der Waals surface area contributed by atoms with Crippen LogP contribution in [0.5, 0.6) is 0 Å². The van der Waals surface area contributed by atoms with Gasteiger partial charge in [0.25, 0.3) is 10.0 Å². The smallest absolute Gasteiger partial charge is 0.261 e. The van der Waals surface area contributed by atoms with Crippen LogP contribution in [0.1, 0.15) is 27.6 Å². The lowest BCUT2D eigenvalue weighted by atomic mass is 10.2. The first kappa shape index (κ1) is 15.7. The first-order valence-electron chi connectivity index (χ1n) is 6.33. The average molecular weight is 318 g/mol. The molecule has 1 amide bonds. The Kier molecular flexibility index (Phi) is 4.27. The molecule has 114 valence electrons. The van der Waals surface area contributed by atoms with E-state index in [4.69, 9.17) is 5.73 Å². The highest BCUT2D eigenvalue weighted by molar-refractivity contribution is 7.92. The molecule has 3 N–H and O–H groups in total. The maximum absolute atomic E-state index is 12.2. The second-order valence-corrected chi connectivity index (χ2v) is 6.31. The highest BCUT2D eigenvalue weighted by atomic mass is 32.2. The van der Waals surface area contributed by atoms with Gasteiger partial charge in [0.1, 0.15) is 0 Å². The van der Waals surface area contributed by atoms with E-state index in [9.17, 15) is 18.0 Å². The van der Waals surface area contributed by atoms with Crippen molar-refractivity contribution in [3.63, 3.8) is 0 Å². The van der Waals surface area contributed by atoms with E-state index < -0.39 is 15.9 Å². The zero-order chi connectivity index (χ0) is 16.3. The zero-order valence-corrected chi connectivity index (χ0v) is 12.6. The lowest BCUT2D eigenvalue weighted by molar-refractivity contribution is 0.0996. The maximum atomic E-state index is 12.2. The molecule has 2 aromatic carbocycles. The summed E-state index contributed by atoms with van der Waals surface area (Å²) in [6.07, 6.45) is 0. The van der Waals surface area contributed by atoms with E-state index in [0.717, 1.165) is 0 Å². The fourth-order valence-corrected chi connectivity index (χ4v) is 2.84. The predicted octanol–water partition coefficient (Wildman–Crippen LogP) is 1.79. The molecule has 0 aromatic heterocycles. The van der Waals surface area contributed by atoms with Crippen molar-refractivity contribution >= 4 is 27.4 Å². The topological polar surface area (TPSA) is 106 Å². The SMILES string of the molecule is CC(=O)c1ccc(S(=O)(=O)Nc2ccc(C(N)=O)cc2)cc1. The van der Waals surface area contributed by atoms with Crippen LogP contribution in [-0.2, 0) is 10.0 Å². The van der Waals surface area contributed by atoms with Crippen molar-refractivity contribution < 1.29 is 18.0 Å². The number of carbonyl (C=O) groups excluding carboxylic acids is 2. The van der Waals surface area contributed by atoms with Gasteiger partial charge in [-0.2, -0.15) is 0 Å². The minimum absolute atomic E-state index is 0.0384. The monoisotopic (exact) mass is 318 g/mol. The molecule has 0 bridgehead atoms. The standard InChI is InChI=1S/C15H14N2O4S/c1-10(18)11-4-8-14(9-5-11)22(20,21)17-13-6-2-12(3-7-13)15(16)19/h2-9,17H,1H3,(H2,16,19). The molecule has 0 aliphatic heterocycles. The molecule has 0 heterocycles. The van der Waals surface area contributed by atoms with Crippen LogP contribution in [0.2, 0.25) is 0 Å². The Labute approximate surface area is 128 Å². The molecular formula is C15H14N2O4S. The number of carbonyl (C=O) groups is 2. The molecular weight excluding hydrogens is 304 g/mol. The number of ketones is 1. The van der Waals surface area contributed by atoms with Crippen LogP contribution >= 0.6 is 0 Å². The first-order chi connectivity index (χ1) is 10.3. The molecule has 0 radical (unpaired) electrons. The molecule has 0 aliphatic carbocycles. The Morgan fingerprint density at radius 1 is 0.909 bits per heavy atom. The number of primary amides is 1.